The van der Waals surface area contributed by atoms with Gasteiger partial charge in [-0.05, 0) is 27.2 Å². The molecular formula is C11H21ClN2O3. The van der Waals surface area contributed by atoms with E-state index in [9.17, 15) is 9.90 Å². The molecule has 3 N–H and O–H groups in total. The zero-order chi connectivity index (χ0) is 11.9. The van der Waals surface area contributed by atoms with Crippen LogP contribution in [0.3, 0.4) is 0 Å². The van der Waals surface area contributed by atoms with Gasteiger partial charge in [0.25, 0.3) is 0 Å². The van der Waals surface area contributed by atoms with Crippen LogP contribution in [-0.4, -0.2) is 41.5 Å². The van der Waals surface area contributed by atoms with Crippen molar-refractivity contribution in [2.24, 2.45) is 5.92 Å². The van der Waals surface area contributed by atoms with Gasteiger partial charge in [-0.25, -0.2) is 4.79 Å². The van der Waals surface area contributed by atoms with Crippen LogP contribution in [0.2, 0.25) is 0 Å². The molecule has 1 amide bonds. The molecule has 4 atom stereocenters. The fraction of sp³-hybridized carbons (Fsp3) is 0.909. The van der Waals surface area contributed by atoms with Gasteiger partial charge in [0.15, 0.2) is 0 Å². The minimum absolute atomic E-state index is 0. The van der Waals surface area contributed by atoms with Crippen molar-refractivity contribution in [1.29, 1.82) is 0 Å². The lowest BCUT2D eigenvalue weighted by Gasteiger charge is -2.29. The lowest BCUT2D eigenvalue weighted by atomic mass is 10.0. The Morgan fingerprint density at radius 3 is 2.59 bits per heavy atom. The maximum absolute atomic E-state index is 11.6. The molecule has 0 aromatic heterocycles. The van der Waals surface area contributed by atoms with E-state index in [0.29, 0.717) is 0 Å². The van der Waals surface area contributed by atoms with Gasteiger partial charge in [-0.15, -0.1) is 12.4 Å². The third-order valence-electron chi connectivity index (χ3n) is 3.17. The van der Waals surface area contributed by atoms with E-state index in [2.05, 4.69) is 10.6 Å². The molecule has 100 valence electrons. The Balaban J connectivity index is 0.00000144. The predicted molar refractivity (Wildman–Crippen MR) is 66.3 cm³/mol. The highest BCUT2D eigenvalue weighted by molar-refractivity contribution is 5.85. The van der Waals surface area contributed by atoms with Crippen molar-refractivity contribution in [3.8, 4) is 0 Å². The van der Waals surface area contributed by atoms with Crippen molar-refractivity contribution in [1.82, 2.24) is 10.6 Å². The van der Waals surface area contributed by atoms with Gasteiger partial charge in [-0.3, -0.25) is 0 Å². The van der Waals surface area contributed by atoms with Crippen LogP contribution in [0.5, 0.6) is 0 Å². The fourth-order valence-corrected chi connectivity index (χ4v) is 2.49. The molecule has 0 radical (unpaired) electrons. The topological polar surface area (TPSA) is 70.6 Å². The Labute approximate surface area is 108 Å². The summed E-state index contributed by atoms with van der Waals surface area (Å²) in [5.41, 5.74) is -0.500. The Morgan fingerprint density at radius 2 is 2.12 bits per heavy atom. The molecule has 1 saturated heterocycles. The second-order valence-corrected chi connectivity index (χ2v) is 5.67. The third kappa shape index (κ3) is 3.24. The number of nitrogens with one attached hydrogen (secondary N) is 2. The normalized spacial score (nSPS) is 35.3. The van der Waals surface area contributed by atoms with Crippen molar-refractivity contribution in [3.63, 3.8) is 0 Å². The van der Waals surface area contributed by atoms with Gasteiger partial charge < -0.3 is 20.5 Å². The number of carbonyl (C=O) groups is 1. The van der Waals surface area contributed by atoms with E-state index in [1.165, 1.54) is 0 Å². The number of halogens is 1. The molecule has 17 heavy (non-hydrogen) atoms. The molecule has 2 bridgehead atoms. The van der Waals surface area contributed by atoms with Crippen molar-refractivity contribution < 1.29 is 14.6 Å². The van der Waals surface area contributed by atoms with E-state index in [0.717, 1.165) is 13.0 Å². The Morgan fingerprint density at radius 1 is 1.47 bits per heavy atom. The predicted octanol–water partition coefficient (Wildman–Crippen LogP) is 0.654. The van der Waals surface area contributed by atoms with Gasteiger partial charge in [0, 0.05) is 18.5 Å². The number of aliphatic hydroxyl groups excluding tert-OH is 1. The van der Waals surface area contributed by atoms with E-state index >= 15 is 0 Å². The molecule has 4 unspecified atom stereocenters. The van der Waals surface area contributed by atoms with Crippen LogP contribution in [-0.2, 0) is 4.74 Å². The van der Waals surface area contributed by atoms with Gasteiger partial charge in [0.2, 0.25) is 0 Å². The zero-order valence-corrected chi connectivity index (χ0v) is 11.2. The monoisotopic (exact) mass is 264 g/mol. The minimum atomic E-state index is -0.500. The van der Waals surface area contributed by atoms with Crippen molar-refractivity contribution in [3.05, 3.63) is 0 Å². The van der Waals surface area contributed by atoms with E-state index in [4.69, 9.17) is 4.74 Å². The first-order valence-corrected chi connectivity index (χ1v) is 5.78. The van der Waals surface area contributed by atoms with Crippen molar-refractivity contribution in [2.75, 3.05) is 6.54 Å². The van der Waals surface area contributed by atoms with Crippen LogP contribution >= 0.6 is 12.4 Å². The molecule has 0 spiro atoms. The van der Waals surface area contributed by atoms with E-state index in [-0.39, 0.29) is 30.4 Å². The summed E-state index contributed by atoms with van der Waals surface area (Å²) in [5.74, 6) is 0.268. The van der Waals surface area contributed by atoms with E-state index < -0.39 is 17.8 Å². The van der Waals surface area contributed by atoms with Gasteiger partial charge in [0.05, 0.1) is 12.1 Å². The highest BCUT2D eigenvalue weighted by atomic mass is 35.5. The number of hydrogen-bond donors (Lipinski definition) is 3. The van der Waals surface area contributed by atoms with Gasteiger partial charge in [-0.2, -0.15) is 0 Å². The minimum Gasteiger partial charge on any atom is -0.444 e. The molecule has 1 aliphatic carbocycles. The average Bonchev–Trinajstić information content (AvgIpc) is 2.66. The zero-order valence-electron chi connectivity index (χ0n) is 10.4. The molecule has 1 aliphatic heterocycles. The van der Waals surface area contributed by atoms with Gasteiger partial charge >= 0.3 is 6.09 Å². The molecule has 0 aromatic carbocycles. The maximum atomic E-state index is 11.6. The van der Waals surface area contributed by atoms with Crippen LogP contribution in [0, 0.1) is 5.92 Å². The van der Waals surface area contributed by atoms with Crippen molar-refractivity contribution >= 4 is 18.5 Å². The molecule has 2 rings (SSSR count). The summed E-state index contributed by atoms with van der Waals surface area (Å²) in [5, 5.41) is 15.9. The summed E-state index contributed by atoms with van der Waals surface area (Å²) in [6.07, 6.45) is 0.0337. The standard InChI is InChI=1S/C11H20N2O3.ClH/c1-11(2,3)16-10(15)13-8-7-4-6(5-12-7)9(8)14;/h6-9,12,14H,4-5H2,1-3H3,(H,13,15);1H. The Bertz CT molecular complexity index is 291. The number of rotatable bonds is 1. The summed E-state index contributed by atoms with van der Waals surface area (Å²) in [6.45, 7) is 6.31. The lowest BCUT2D eigenvalue weighted by molar-refractivity contribution is 0.0368. The molecule has 2 fully saturated rings. The largest absolute Gasteiger partial charge is 0.444 e. The summed E-state index contributed by atoms with van der Waals surface area (Å²) >= 11 is 0. The summed E-state index contributed by atoms with van der Waals surface area (Å²) in [6, 6.07) is -0.0267. The van der Waals surface area contributed by atoms with Gasteiger partial charge in [-0.1, -0.05) is 0 Å². The maximum Gasteiger partial charge on any atom is 0.408 e. The molecule has 1 heterocycles. The lowest BCUT2D eigenvalue weighted by Crippen LogP contribution is -2.55. The number of aliphatic hydroxyl groups is 1. The van der Waals surface area contributed by atoms with Crippen molar-refractivity contribution in [2.45, 2.75) is 51.0 Å². The van der Waals surface area contributed by atoms with E-state index in [1.54, 1.807) is 0 Å². The summed E-state index contributed by atoms with van der Waals surface area (Å²) < 4.78 is 5.17. The van der Waals surface area contributed by atoms with Crippen LogP contribution in [0.4, 0.5) is 4.79 Å². The van der Waals surface area contributed by atoms with Crippen LogP contribution in [0.15, 0.2) is 0 Å². The molecule has 6 heteroatoms. The molecule has 2 aliphatic rings. The number of amides is 1. The quantitative estimate of drug-likeness (QED) is 0.651. The van der Waals surface area contributed by atoms with Gasteiger partial charge in [0.1, 0.15) is 5.60 Å². The SMILES string of the molecule is CC(C)(C)OC(=O)NC1C2CC(CN2)C1O.Cl. The summed E-state index contributed by atoms with van der Waals surface area (Å²) in [4.78, 5) is 11.6. The smallest absolute Gasteiger partial charge is 0.408 e. The summed E-state index contributed by atoms with van der Waals surface area (Å²) in [7, 11) is 0. The highest BCUT2D eigenvalue weighted by Crippen LogP contribution is 2.31. The number of ether oxygens (including phenoxy) is 1. The first-order chi connectivity index (χ1) is 7.37. The fourth-order valence-electron chi connectivity index (χ4n) is 2.49. The Kier molecular flexibility index (Phi) is 4.28. The molecular weight excluding hydrogens is 244 g/mol. The second kappa shape index (κ2) is 5.00. The second-order valence-electron chi connectivity index (χ2n) is 5.67. The van der Waals surface area contributed by atoms with Crippen LogP contribution in [0.25, 0.3) is 0 Å². The number of hydrogen-bond acceptors (Lipinski definition) is 4. The molecule has 5 nitrogen and oxygen atoms in total. The first-order valence-electron chi connectivity index (χ1n) is 5.78. The van der Waals surface area contributed by atoms with E-state index in [1.807, 2.05) is 20.8 Å². The average molecular weight is 265 g/mol. The first kappa shape index (κ1) is 14.5. The Hall–Kier alpha value is -0.520. The molecule has 0 aromatic rings. The number of fused-ring (bicyclic) bond motifs is 2. The van der Waals surface area contributed by atoms with Crippen LogP contribution < -0.4 is 10.6 Å². The number of alkyl carbamates (subject to hydrolysis) is 1. The molecule has 1 saturated carbocycles. The van der Waals surface area contributed by atoms with Crippen LogP contribution in [0.1, 0.15) is 27.2 Å². The highest BCUT2D eigenvalue weighted by Gasteiger charge is 2.47. The third-order valence-corrected chi connectivity index (χ3v) is 3.17. The number of piperidine rings is 1. The number of carbonyl (C=O) groups excluding carboxylic acids is 1.